The van der Waals surface area contributed by atoms with Gasteiger partial charge in [0, 0.05) is 22.6 Å². The first-order chi connectivity index (χ1) is 12.6. The fourth-order valence-corrected chi connectivity index (χ4v) is 3.07. The standard InChI is InChI=1S/C19H15N3O3S/c1-24-14-6-7-15(17(9-14)25-2)16-11-26-19(21-16)22-18(23)13-5-3-4-12(8-13)10-20/h3-9,11H,1-2H3,(H,21,22,23). The quantitative estimate of drug-likeness (QED) is 0.740. The molecule has 0 fully saturated rings. The minimum Gasteiger partial charge on any atom is -0.497 e. The fourth-order valence-electron chi connectivity index (χ4n) is 2.36. The summed E-state index contributed by atoms with van der Waals surface area (Å²) in [5.74, 6) is 1.01. The van der Waals surface area contributed by atoms with Crippen molar-refractivity contribution in [3.63, 3.8) is 0 Å². The Labute approximate surface area is 154 Å². The molecule has 0 radical (unpaired) electrons. The summed E-state index contributed by atoms with van der Waals surface area (Å²) in [7, 11) is 3.17. The summed E-state index contributed by atoms with van der Waals surface area (Å²) < 4.78 is 10.6. The molecule has 0 unspecified atom stereocenters. The van der Waals surface area contributed by atoms with E-state index < -0.39 is 0 Å². The van der Waals surface area contributed by atoms with Gasteiger partial charge in [0.05, 0.1) is 31.5 Å². The number of anilines is 1. The highest BCUT2D eigenvalue weighted by molar-refractivity contribution is 7.14. The molecule has 1 amide bonds. The second kappa shape index (κ2) is 7.68. The van der Waals surface area contributed by atoms with E-state index in [9.17, 15) is 4.79 Å². The molecule has 0 saturated carbocycles. The number of methoxy groups -OCH3 is 2. The van der Waals surface area contributed by atoms with Gasteiger partial charge in [0.25, 0.3) is 5.91 Å². The van der Waals surface area contributed by atoms with Gasteiger partial charge in [-0.2, -0.15) is 5.26 Å². The van der Waals surface area contributed by atoms with Crippen molar-refractivity contribution in [1.82, 2.24) is 4.98 Å². The number of hydrogen-bond donors (Lipinski definition) is 1. The van der Waals surface area contributed by atoms with Crippen LogP contribution in [0.5, 0.6) is 11.5 Å². The zero-order valence-electron chi connectivity index (χ0n) is 14.1. The Balaban J connectivity index is 1.82. The third-order valence-corrected chi connectivity index (χ3v) is 4.42. The Kier molecular flexibility index (Phi) is 5.15. The maximum atomic E-state index is 12.3. The van der Waals surface area contributed by atoms with Gasteiger partial charge in [-0.05, 0) is 30.3 Å². The van der Waals surface area contributed by atoms with Crippen LogP contribution in [0.2, 0.25) is 0 Å². The minimum absolute atomic E-state index is 0.315. The average Bonchev–Trinajstić information content (AvgIpc) is 3.15. The molecule has 1 aromatic heterocycles. The molecule has 1 heterocycles. The Hall–Kier alpha value is -3.37. The number of hydrogen-bond acceptors (Lipinski definition) is 6. The molecular weight excluding hydrogens is 350 g/mol. The van der Waals surface area contributed by atoms with Gasteiger partial charge in [-0.15, -0.1) is 11.3 Å². The van der Waals surface area contributed by atoms with Crippen molar-refractivity contribution < 1.29 is 14.3 Å². The number of aromatic nitrogens is 1. The topological polar surface area (TPSA) is 84.2 Å². The SMILES string of the molecule is COc1ccc(-c2csc(NC(=O)c3cccc(C#N)c3)n2)c(OC)c1. The van der Waals surface area contributed by atoms with Gasteiger partial charge in [0.1, 0.15) is 11.5 Å². The zero-order valence-corrected chi connectivity index (χ0v) is 15.0. The van der Waals surface area contributed by atoms with Gasteiger partial charge in [-0.3, -0.25) is 10.1 Å². The lowest BCUT2D eigenvalue weighted by Crippen LogP contribution is -2.11. The third-order valence-electron chi connectivity index (χ3n) is 3.66. The van der Waals surface area contributed by atoms with Crippen molar-refractivity contribution in [2.75, 3.05) is 19.5 Å². The second-order valence-corrected chi connectivity index (χ2v) is 6.11. The largest absolute Gasteiger partial charge is 0.497 e. The van der Waals surface area contributed by atoms with Crippen LogP contribution in [0.4, 0.5) is 5.13 Å². The van der Waals surface area contributed by atoms with E-state index in [1.807, 2.05) is 23.6 Å². The van der Waals surface area contributed by atoms with Crippen LogP contribution in [0.15, 0.2) is 47.8 Å². The summed E-state index contributed by atoms with van der Waals surface area (Å²) >= 11 is 1.31. The van der Waals surface area contributed by atoms with E-state index in [2.05, 4.69) is 10.3 Å². The number of thiazole rings is 1. The van der Waals surface area contributed by atoms with Crippen molar-refractivity contribution in [3.05, 3.63) is 59.0 Å². The number of carbonyl (C=O) groups is 1. The predicted molar refractivity (Wildman–Crippen MR) is 99.8 cm³/mol. The monoisotopic (exact) mass is 365 g/mol. The lowest BCUT2D eigenvalue weighted by Gasteiger charge is -2.08. The normalized spacial score (nSPS) is 10.0. The van der Waals surface area contributed by atoms with Crippen LogP contribution < -0.4 is 14.8 Å². The van der Waals surface area contributed by atoms with Crippen molar-refractivity contribution in [1.29, 1.82) is 5.26 Å². The fraction of sp³-hybridized carbons (Fsp3) is 0.105. The number of rotatable bonds is 5. The molecule has 0 aliphatic carbocycles. The average molecular weight is 365 g/mol. The van der Waals surface area contributed by atoms with Gasteiger partial charge in [0.2, 0.25) is 0 Å². The van der Waals surface area contributed by atoms with Crippen LogP contribution in [0.3, 0.4) is 0 Å². The molecule has 0 saturated heterocycles. The maximum Gasteiger partial charge on any atom is 0.257 e. The molecule has 0 atom stereocenters. The molecule has 1 N–H and O–H groups in total. The molecular formula is C19H15N3O3S. The Morgan fingerprint density at radius 1 is 1.19 bits per heavy atom. The molecule has 3 rings (SSSR count). The first-order valence-corrected chi connectivity index (χ1v) is 8.52. The molecule has 7 heteroatoms. The highest BCUT2D eigenvalue weighted by Crippen LogP contribution is 2.34. The summed E-state index contributed by atoms with van der Waals surface area (Å²) in [6.07, 6.45) is 0. The number of benzene rings is 2. The smallest absolute Gasteiger partial charge is 0.257 e. The number of amides is 1. The van der Waals surface area contributed by atoms with E-state index in [0.29, 0.717) is 33.5 Å². The van der Waals surface area contributed by atoms with Crippen LogP contribution in [-0.2, 0) is 0 Å². The number of nitrogens with one attached hydrogen (secondary N) is 1. The lowest BCUT2D eigenvalue weighted by molar-refractivity contribution is 0.102. The van der Waals surface area contributed by atoms with E-state index in [0.717, 1.165) is 5.56 Å². The molecule has 130 valence electrons. The minimum atomic E-state index is -0.315. The van der Waals surface area contributed by atoms with Crippen LogP contribution in [-0.4, -0.2) is 25.1 Å². The van der Waals surface area contributed by atoms with E-state index in [-0.39, 0.29) is 5.91 Å². The maximum absolute atomic E-state index is 12.3. The van der Waals surface area contributed by atoms with Crippen LogP contribution in [0.1, 0.15) is 15.9 Å². The first-order valence-electron chi connectivity index (χ1n) is 7.64. The van der Waals surface area contributed by atoms with E-state index in [1.54, 1.807) is 38.5 Å². The van der Waals surface area contributed by atoms with Gasteiger partial charge in [0.15, 0.2) is 5.13 Å². The second-order valence-electron chi connectivity index (χ2n) is 5.25. The predicted octanol–water partition coefficient (Wildman–Crippen LogP) is 3.95. The number of ether oxygens (including phenoxy) is 2. The van der Waals surface area contributed by atoms with Crippen molar-refractivity contribution in [3.8, 4) is 28.8 Å². The van der Waals surface area contributed by atoms with Crippen LogP contribution in [0.25, 0.3) is 11.3 Å². The van der Waals surface area contributed by atoms with Crippen LogP contribution in [0, 0.1) is 11.3 Å². The van der Waals surface area contributed by atoms with Crippen molar-refractivity contribution in [2.24, 2.45) is 0 Å². The summed E-state index contributed by atoms with van der Waals surface area (Å²) in [5.41, 5.74) is 2.33. The number of nitriles is 1. The van der Waals surface area contributed by atoms with Gasteiger partial charge in [-0.25, -0.2) is 4.98 Å². The number of nitrogens with zero attached hydrogens (tertiary/aromatic N) is 2. The first kappa shape index (κ1) is 17.5. The Morgan fingerprint density at radius 2 is 2.04 bits per heavy atom. The van der Waals surface area contributed by atoms with Crippen LogP contribution >= 0.6 is 11.3 Å². The molecule has 0 aliphatic rings. The van der Waals surface area contributed by atoms with Crippen molar-refractivity contribution in [2.45, 2.75) is 0 Å². The molecule has 26 heavy (non-hydrogen) atoms. The molecule has 3 aromatic rings. The van der Waals surface area contributed by atoms with E-state index in [4.69, 9.17) is 14.7 Å². The molecule has 6 nitrogen and oxygen atoms in total. The Morgan fingerprint density at radius 3 is 2.77 bits per heavy atom. The molecule has 0 bridgehead atoms. The summed E-state index contributed by atoms with van der Waals surface area (Å²) in [6, 6.07) is 14.0. The van der Waals surface area contributed by atoms with Gasteiger partial charge < -0.3 is 9.47 Å². The zero-order chi connectivity index (χ0) is 18.5. The third kappa shape index (κ3) is 3.66. The van der Waals surface area contributed by atoms with Crippen molar-refractivity contribution >= 4 is 22.4 Å². The van der Waals surface area contributed by atoms with E-state index in [1.165, 1.54) is 17.4 Å². The number of carbonyl (C=O) groups excluding carboxylic acids is 1. The molecule has 2 aromatic carbocycles. The lowest BCUT2D eigenvalue weighted by atomic mass is 10.1. The highest BCUT2D eigenvalue weighted by atomic mass is 32.1. The molecule has 0 spiro atoms. The Bertz CT molecular complexity index is 992. The molecule has 0 aliphatic heterocycles. The summed E-state index contributed by atoms with van der Waals surface area (Å²) in [5, 5.41) is 14.0. The van der Waals surface area contributed by atoms with E-state index >= 15 is 0 Å². The highest BCUT2D eigenvalue weighted by Gasteiger charge is 2.13. The summed E-state index contributed by atoms with van der Waals surface area (Å²) in [6.45, 7) is 0. The van der Waals surface area contributed by atoms with Gasteiger partial charge in [-0.1, -0.05) is 6.07 Å². The van der Waals surface area contributed by atoms with Gasteiger partial charge >= 0.3 is 0 Å². The summed E-state index contributed by atoms with van der Waals surface area (Å²) in [4.78, 5) is 16.8.